The minimum absolute atomic E-state index is 0.0374. The predicted octanol–water partition coefficient (Wildman–Crippen LogP) is 2.06. The Morgan fingerprint density at radius 3 is 2.39 bits per heavy atom. The molecule has 2 fully saturated rings. The molecule has 0 radical (unpaired) electrons. The van der Waals surface area contributed by atoms with E-state index in [-0.39, 0.29) is 37.3 Å². The van der Waals surface area contributed by atoms with Crippen LogP contribution in [0, 0.1) is 5.92 Å². The van der Waals surface area contributed by atoms with Crippen LogP contribution in [0.4, 0.5) is 13.2 Å². The highest BCUT2D eigenvalue weighted by Gasteiger charge is 2.47. The van der Waals surface area contributed by atoms with E-state index in [1.54, 1.807) is 0 Å². The lowest BCUT2D eigenvalue weighted by Gasteiger charge is -2.40. The summed E-state index contributed by atoms with van der Waals surface area (Å²) >= 11 is 0. The summed E-state index contributed by atoms with van der Waals surface area (Å²) in [5.74, 6) is -0.0956. The first-order chi connectivity index (χ1) is 8.38. The lowest BCUT2D eigenvalue weighted by atomic mass is 9.82. The third-order valence-electron chi connectivity index (χ3n) is 4.00. The number of hydrogen-bond acceptors (Lipinski definition) is 2. The highest BCUT2D eigenvalue weighted by Crippen LogP contribution is 2.34. The third-order valence-corrected chi connectivity index (χ3v) is 4.00. The van der Waals surface area contributed by atoms with Gasteiger partial charge in [0.2, 0.25) is 5.91 Å². The average Bonchev–Trinajstić information content (AvgIpc) is 2.21. The molecule has 104 valence electrons. The molecule has 0 aromatic carbocycles. The topological polar surface area (TPSA) is 46.3 Å². The van der Waals surface area contributed by atoms with Crippen LogP contribution in [-0.2, 0) is 4.79 Å². The molecule has 2 N–H and O–H groups in total. The average molecular weight is 264 g/mol. The quantitative estimate of drug-likeness (QED) is 0.829. The number of carbonyl (C=O) groups is 1. The summed E-state index contributed by atoms with van der Waals surface area (Å²) in [7, 11) is 0. The van der Waals surface area contributed by atoms with Gasteiger partial charge in [0, 0.05) is 19.0 Å². The number of halogens is 3. The molecule has 2 unspecified atom stereocenters. The van der Waals surface area contributed by atoms with E-state index in [0.29, 0.717) is 6.42 Å². The lowest BCUT2D eigenvalue weighted by molar-refractivity contribution is -0.197. The first-order valence-corrected chi connectivity index (χ1v) is 6.49. The smallest absolute Gasteiger partial charge is 0.329 e. The van der Waals surface area contributed by atoms with Crippen LogP contribution in [0.1, 0.15) is 38.5 Å². The van der Waals surface area contributed by atoms with Gasteiger partial charge in [-0.25, -0.2) is 0 Å². The van der Waals surface area contributed by atoms with Gasteiger partial charge < -0.3 is 10.6 Å². The van der Waals surface area contributed by atoms with Crippen molar-refractivity contribution < 1.29 is 18.0 Å². The molecule has 1 aliphatic carbocycles. The van der Waals surface area contributed by atoms with Crippen molar-refractivity contribution in [3.05, 3.63) is 0 Å². The molecule has 3 nitrogen and oxygen atoms in total. The Morgan fingerprint density at radius 2 is 1.89 bits per heavy atom. The van der Waals surface area contributed by atoms with Gasteiger partial charge in [-0.1, -0.05) is 6.42 Å². The van der Waals surface area contributed by atoms with E-state index >= 15 is 0 Å². The Morgan fingerprint density at radius 1 is 1.22 bits per heavy atom. The van der Waals surface area contributed by atoms with Crippen molar-refractivity contribution in [3.63, 3.8) is 0 Å². The third kappa shape index (κ3) is 2.96. The second kappa shape index (κ2) is 5.07. The summed E-state index contributed by atoms with van der Waals surface area (Å²) in [5, 5.41) is 0. The second-order valence-electron chi connectivity index (χ2n) is 5.44. The molecule has 6 heteroatoms. The van der Waals surface area contributed by atoms with Gasteiger partial charge >= 0.3 is 6.18 Å². The predicted molar refractivity (Wildman–Crippen MR) is 60.7 cm³/mol. The molecule has 1 heterocycles. The number of hydrogen-bond donors (Lipinski definition) is 1. The van der Waals surface area contributed by atoms with Gasteiger partial charge in [0.15, 0.2) is 0 Å². The fraction of sp³-hybridized carbons (Fsp3) is 0.917. The van der Waals surface area contributed by atoms with Crippen LogP contribution in [0.2, 0.25) is 0 Å². The first kappa shape index (κ1) is 13.6. The molecule has 1 aliphatic heterocycles. The largest absolute Gasteiger partial charge is 0.408 e. The lowest BCUT2D eigenvalue weighted by Crippen LogP contribution is -2.57. The summed E-state index contributed by atoms with van der Waals surface area (Å²) in [4.78, 5) is 12.9. The summed E-state index contributed by atoms with van der Waals surface area (Å²) in [6, 6.07) is -1.96. The number of piperidine rings is 1. The Labute approximate surface area is 104 Å². The van der Waals surface area contributed by atoms with Crippen LogP contribution in [0.25, 0.3) is 0 Å². The highest BCUT2D eigenvalue weighted by atomic mass is 19.4. The summed E-state index contributed by atoms with van der Waals surface area (Å²) < 4.78 is 38.6. The minimum atomic E-state index is -4.34. The standard InChI is InChI=1S/C12H19F3N2O/c13-12(14,15)10-5-4-9(16)7-17(10)11(18)6-8-2-1-3-8/h8-10H,1-7,16H2. The van der Waals surface area contributed by atoms with Crippen molar-refractivity contribution in [2.75, 3.05) is 6.54 Å². The zero-order valence-corrected chi connectivity index (χ0v) is 10.2. The van der Waals surface area contributed by atoms with Crippen molar-refractivity contribution in [1.29, 1.82) is 0 Å². The van der Waals surface area contributed by atoms with Crippen LogP contribution in [0.3, 0.4) is 0 Å². The van der Waals surface area contributed by atoms with Gasteiger partial charge in [-0.15, -0.1) is 0 Å². The number of carbonyl (C=O) groups excluding carboxylic acids is 1. The highest BCUT2D eigenvalue weighted by molar-refractivity contribution is 5.77. The molecule has 0 aromatic rings. The number of alkyl halides is 3. The molecule has 0 aromatic heterocycles. The molecule has 2 aliphatic rings. The van der Waals surface area contributed by atoms with E-state index in [4.69, 9.17) is 5.73 Å². The van der Waals surface area contributed by atoms with Gasteiger partial charge in [-0.2, -0.15) is 13.2 Å². The SMILES string of the molecule is NC1CCC(C(F)(F)F)N(C(=O)CC2CCC2)C1. The van der Waals surface area contributed by atoms with E-state index in [1.807, 2.05) is 0 Å². The molecular weight excluding hydrogens is 245 g/mol. The fourth-order valence-corrected chi connectivity index (χ4v) is 2.68. The minimum Gasteiger partial charge on any atom is -0.329 e. The van der Waals surface area contributed by atoms with Gasteiger partial charge in [-0.3, -0.25) is 4.79 Å². The first-order valence-electron chi connectivity index (χ1n) is 6.49. The molecule has 0 bridgehead atoms. The van der Waals surface area contributed by atoms with Crippen LogP contribution in [0.15, 0.2) is 0 Å². The second-order valence-corrected chi connectivity index (χ2v) is 5.44. The zero-order chi connectivity index (χ0) is 13.3. The number of amides is 1. The van der Waals surface area contributed by atoms with Gasteiger partial charge in [0.1, 0.15) is 6.04 Å². The number of likely N-dealkylation sites (tertiary alicyclic amines) is 1. The van der Waals surface area contributed by atoms with Gasteiger partial charge in [0.05, 0.1) is 0 Å². The van der Waals surface area contributed by atoms with E-state index < -0.39 is 12.2 Å². The normalized spacial score (nSPS) is 30.1. The van der Waals surface area contributed by atoms with E-state index in [0.717, 1.165) is 24.2 Å². The fourth-order valence-electron chi connectivity index (χ4n) is 2.68. The molecule has 18 heavy (non-hydrogen) atoms. The summed E-state index contributed by atoms with van der Waals surface area (Å²) in [5.41, 5.74) is 5.68. The zero-order valence-electron chi connectivity index (χ0n) is 10.2. The molecular formula is C12H19F3N2O. The molecule has 1 saturated carbocycles. The molecule has 1 saturated heterocycles. The monoisotopic (exact) mass is 264 g/mol. The van der Waals surface area contributed by atoms with Crippen LogP contribution in [0.5, 0.6) is 0 Å². The van der Waals surface area contributed by atoms with Gasteiger partial charge in [-0.05, 0) is 31.6 Å². The maximum Gasteiger partial charge on any atom is 0.408 e. The maximum atomic E-state index is 12.9. The van der Waals surface area contributed by atoms with Crippen LogP contribution < -0.4 is 5.73 Å². The maximum absolute atomic E-state index is 12.9. The van der Waals surface area contributed by atoms with E-state index in [9.17, 15) is 18.0 Å². The number of nitrogens with two attached hydrogens (primary N) is 1. The van der Waals surface area contributed by atoms with E-state index in [1.165, 1.54) is 0 Å². The summed E-state index contributed by atoms with van der Waals surface area (Å²) in [6.45, 7) is 0.0374. The number of nitrogens with zero attached hydrogens (tertiary/aromatic N) is 1. The van der Waals surface area contributed by atoms with E-state index in [2.05, 4.69) is 0 Å². The number of rotatable bonds is 2. The Hall–Kier alpha value is -0.780. The van der Waals surface area contributed by atoms with Crippen molar-refractivity contribution >= 4 is 5.91 Å². The van der Waals surface area contributed by atoms with Crippen molar-refractivity contribution in [3.8, 4) is 0 Å². The molecule has 1 amide bonds. The van der Waals surface area contributed by atoms with Gasteiger partial charge in [0.25, 0.3) is 0 Å². The van der Waals surface area contributed by atoms with Crippen molar-refractivity contribution in [2.45, 2.75) is 56.8 Å². The molecule has 2 rings (SSSR count). The van der Waals surface area contributed by atoms with Crippen LogP contribution >= 0.6 is 0 Å². The van der Waals surface area contributed by atoms with Crippen molar-refractivity contribution in [1.82, 2.24) is 4.90 Å². The van der Waals surface area contributed by atoms with Crippen LogP contribution in [-0.4, -0.2) is 35.6 Å². The Bertz CT molecular complexity index is 315. The Kier molecular flexibility index (Phi) is 3.84. The summed E-state index contributed by atoms with van der Waals surface area (Å²) in [6.07, 6.45) is -0.821. The molecule has 2 atom stereocenters. The molecule has 0 spiro atoms. The van der Waals surface area contributed by atoms with Crippen molar-refractivity contribution in [2.24, 2.45) is 11.7 Å². The Balaban J connectivity index is 2.01.